The molecule has 2 heterocycles. The lowest BCUT2D eigenvalue weighted by molar-refractivity contribution is -0.367. The van der Waals surface area contributed by atoms with Crippen LogP contribution in [-0.4, -0.2) is 89.2 Å². The van der Waals surface area contributed by atoms with Crippen LogP contribution >= 0.6 is 11.6 Å². The van der Waals surface area contributed by atoms with Crippen molar-refractivity contribution in [2.75, 3.05) is 27.3 Å². The summed E-state index contributed by atoms with van der Waals surface area (Å²) in [6, 6.07) is 8.87. The molecule has 0 aromatic heterocycles. The zero-order valence-electron chi connectivity index (χ0n) is 21.1. The fourth-order valence-electron chi connectivity index (χ4n) is 4.87. The maximum absolute atomic E-state index is 13.4. The summed E-state index contributed by atoms with van der Waals surface area (Å²) in [6.45, 7) is -0.173. The Balaban J connectivity index is 1.85. The highest BCUT2D eigenvalue weighted by Crippen LogP contribution is 2.48. The van der Waals surface area contributed by atoms with Gasteiger partial charge in [-0.2, -0.15) is 13.2 Å². The van der Waals surface area contributed by atoms with Crippen molar-refractivity contribution in [2.24, 2.45) is 0 Å². The number of hydrogen-bond donors (Lipinski definition) is 4. The van der Waals surface area contributed by atoms with E-state index < -0.39 is 49.0 Å². The Hall–Kier alpha value is -2.45. The van der Waals surface area contributed by atoms with Gasteiger partial charge in [-0.25, -0.2) is 4.79 Å². The van der Waals surface area contributed by atoms with Gasteiger partial charge in [0.2, 0.25) is 0 Å². The smallest absolute Gasteiger partial charge is 0.491 e. The summed E-state index contributed by atoms with van der Waals surface area (Å²) in [7, 11) is 3.86. The molecule has 0 amide bonds. The summed E-state index contributed by atoms with van der Waals surface area (Å²) in [6.07, 6.45) is -13.3. The number of aliphatic hydroxyl groups excluding tert-OH is 4. The zero-order valence-corrected chi connectivity index (χ0v) is 21.9. The number of rotatable bonds is 7. The molecule has 13 heteroatoms. The minimum absolute atomic E-state index is 0.0821. The average Bonchev–Trinajstić information content (AvgIpc) is 3.37. The van der Waals surface area contributed by atoms with Gasteiger partial charge in [-0.1, -0.05) is 35.9 Å². The van der Waals surface area contributed by atoms with Crippen LogP contribution in [-0.2, 0) is 39.4 Å². The Morgan fingerprint density at radius 1 is 1.15 bits per heavy atom. The molecule has 0 bridgehead atoms. The zero-order chi connectivity index (χ0) is 28.7. The van der Waals surface area contributed by atoms with Crippen molar-refractivity contribution in [2.45, 2.75) is 55.8 Å². The fraction of sp³-hybridized carbons (Fsp3) is 0.500. The summed E-state index contributed by atoms with van der Waals surface area (Å²) in [4.78, 5) is 14.1. The van der Waals surface area contributed by atoms with E-state index in [0.29, 0.717) is 12.1 Å². The number of ether oxygens (including phenoxy) is 3. The number of alkyl halides is 3. The summed E-state index contributed by atoms with van der Waals surface area (Å²) in [5, 5.41) is 41.6. The predicted molar refractivity (Wildman–Crippen MR) is 131 cm³/mol. The predicted octanol–water partition coefficient (Wildman–Crippen LogP) is 1.66. The SMILES string of the molecule is CN(C)Cc1ccc(Cc2cc([C@@]3(OC(=O)C(F)(F)F)O[C@H](CO)[C@@H](O)[C@@H](O)[C@H]3O)c3c(c2Cl)OCC3)cc1. The first kappa shape index (κ1) is 29.5. The normalized spacial score (nSPS) is 26.8. The van der Waals surface area contributed by atoms with E-state index in [1.807, 2.05) is 43.3 Å². The van der Waals surface area contributed by atoms with Gasteiger partial charge in [0, 0.05) is 24.1 Å². The van der Waals surface area contributed by atoms with Crippen LogP contribution in [0.2, 0.25) is 5.02 Å². The molecule has 0 unspecified atom stereocenters. The molecule has 4 rings (SSSR count). The number of aliphatic hydroxyl groups is 4. The van der Waals surface area contributed by atoms with Crippen LogP contribution in [0.3, 0.4) is 0 Å². The molecule has 2 aliphatic heterocycles. The molecule has 9 nitrogen and oxygen atoms in total. The maximum Gasteiger partial charge on any atom is 0.491 e. The summed E-state index contributed by atoms with van der Waals surface area (Å²) < 4.78 is 56.1. The van der Waals surface area contributed by atoms with Crippen LogP contribution < -0.4 is 4.74 Å². The van der Waals surface area contributed by atoms with E-state index in [9.17, 15) is 38.4 Å². The van der Waals surface area contributed by atoms with E-state index in [0.717, 1.165) is 11.1 Å². The largest absolute Gasteiger partial charge is 0.491 e. The third-order valence-electron chi connectivity index (χ3n) is 6.72. The average molecular weight is 576 g/mol. The van der Waals surface area contributed by atoms with Crippen molar-refractivity contribution in [1.29, 1.82) is 0 Å². The van der Waals surface area contributed by atoms with Crippen LogP contribution in [0.15, 0.2) is 30.3 Å². The van der Waals surface area contributed by atoms with Crippen LogP contribution in [0, 0.1) is 0 Å². The quantitative estimate of drug-likeness (QED) is 0.364. The second-order valence-corrected chi connectivity index (χ2v) is 10.2. The van der Waals surface area contributed by atoms with E-state index >= 15 is 0 Å². The van der Waals surface area contributed by atoms with E-state index in [1.54, 1.807) is 0 Å². The van der Waals surface area contributed by atoms with Crippen LogP contribution in [0.5, 0.6) is 5.75 Å². The third-order valence-corrected chi connectivity index (χ3v) is 7.13. The third kappa shape index (κ3) is 5.73. The Bertz CT molecular complexity index is 1210. The summed E-state index contributed by atoms with van der Waals surface area (Å²) >= 11 is 6.63. The van der Waals surface area contributed by atoms with Crippen molar-refractivity contribution < 1.29 is 52.6 Å². The Kier molecular flexibility index (Phi) is 8.48. The highest BCUT2D eigenvalue weighted by atomic mass is 35.5. The van der Waals surface area contributed by atoms with Gasteiger partial charge < -0.3 is 39.5 Å². The molecule has 2 aromatic rings. The van der Waals surface area contributed by atoms with Gasteiger partial charge >= 0.3 is 12.1 Å². The molecular weight excluding hydrogens is 547 g/mol. The maximum atomic E-state index is 13.4. The number of esters is 1. The Labute approximate surface area is 227 Å². The van der Waals surface area contributed by atoms with Crippen molar-refractivity contribution >= 4 is 17.6 Å². The lowest BCUT2D eigenvalue weighted by Crippen LogP contribution is -2.65. The van der Waals surface area contributed by atoms with Crippen LogP contribution in [0.25, 0.3) is 0 Å². The molecular formula is C26H29ClF3NO8. The minimum Gasteiger partial charge on any atom is -0.491 e. The first-order valence-corrected chi connectivity index (χ1v) is 12.5. The number of halogens is 4. The number of fused-ring (bicyclic) bond motifs is 1. The molecule has 0 saturated carbocycles. The molecule has 0 aliphatic carbocycles. The Morgan fingerprint density at radius 3 is 2.38 bits per heavy atom. The van der Waals surface area contributed by atoms with Crippen molar-refractivity contribution in [1.82, 2.24) is 4.90 Å². The van der Waals surface area contributed by atoms with E-state index in [2.05, 4.69) is 0 Å². The fourth-order valence-corrected chi connectivity index (χ4v) is 5.16. The van der Waals surface area contributed by atoms with Gasteiger partial charge in [-0.3, -0.25) is 0 Å². The molecule has 214 valence electrons. The molecule has 5 atom stereocenters. The first-order chi connectivity index (χ1) is 18.3. The number of benzene rings is 2. The molecule has 2 aromatic carbocycles. The highest BCUT2D eigenvalue weighted by molar-refractivity contribution is 6.33. The number of carbonyl (C=O) groups excluding carboxylic acids is 1. The molecule has 0 radical (unpaired) electrons. The molecule has 1 saturated heterocycles. The second kappa shape index (κ2) is 11.2. The van der Waals surface area contributed by atoms with Crippen LogP contribution in [0.1, 0.15) is 27.8 Å². The molecule has 0 spiro atoms. The van der Waals surface area contributed by atoms with Crippen LogP contribution in [0.4, 0.5) is 13.2 Å². The van der Waals surface area contributed by atoms with Gasteiger partial charge in [-0.15, -0.1) is 0 Å². The van der Waals surface area contributed by atoms with Crippen molar-refractivity contribution in [3.63, 3.8) is 0 Å². The number of hydrogen-bond acceptors (Lipinski definition) is 9. The number of carbonyl (C=O) groups is 1. The summed E-state index contributed by atoms with van der Waals surface area (Å²) in [5.74, 6) is -5.55. The van der Waals surface area contributed by atoms with Gasteiger partial charge in [0.05, 0.1) is 18.2 Å². The standard InChI is InChI=1S/C26H29ClF3NO8/c1-31(2)11-14-5-3-13(4-6-14)9-15-10-17(16-7-8-37-22(16)19(15)27)25(39-24(36)26(28,29)30)23(35)21(34)20(33)18(12-32)38-25/h3-6,10,18,20-21,23,32-35H,7-9,11-12H2,1-2H3/t18-,20-,21-,23-,25+/m1/s1. The van der Waals surface area contributed by atoms with Gasteiger partial charge in [0.25, 0.3) is 5.79 Å². The molecule has 2 aliphatic rings. The van der Waals surface area contributed by atoms with E-state index in [4.69, 9.17) is 25.8 Å². The second-order valence-electron chi connectivity index (χ2n) is 9.85. The van der Waals surface area contributed by atoms with E-state index in [1.165, 1.54) is 6.07 Å². The minimum atomic E-state index is -5.49. The molecule has 1 fully saturated rings. The van der Waals surface area contributed by atoms with E-state index in [-0.39, 0.29) is 41.3 Å². The monoisotopic (exact) mass is 575 g/mol. The van der Waals surface area contributed by atoms with Gasteiger partial charge in [0.1, 0.15) is 24.1 Å². The first-order valence-electron chi connectivity index (χ1n) is 12.1. The Morgan fingerprint density at radius 2 is 1.79 bits per heavy atom. The number of nitrogens with zero attached hydrogens (tertiary/aromatic N) is 1. The lowest BCUT2D eigenvalue weighted by Gasteiger charge is -2.48. The van der Waals surface area contributed by atoms with Crippen molar-refractivity contribution in [3.05, 3.63) is 63.2 Å². The lowest BCUT2D eigenvalue weighted by atomic mass is 9.84. The highest BCUT2D eigenvalue weighted by Gasteiger charge is 2.61. The summed E-state index contributed by atoms with van der Waals surface area (Å²) in [5.41, 5.74) is 2.14. The molecule has 4 N–H and O–H groups in total. The van der Waals surface area contributed by atoms with Gasteiger partial charge in [0.15, 0.2) is 6.10 Å². The van der Waals surface area contributed by atoms with Crippen molar-refractivity contribution in [3.8, 4) is 5.75 Å². The topological polar surface area (TPSA) is 129 Å². The van der Waals surface area contributed by atoms with Gasteiger partial charge in [-0.05, 0) is 43.3 Å². The molecule has 39 heavy (non-hydrogen) atoms.